The Morgan fingerprint density at radius 2 is 1.85 bits per heavy atom. The van der Waals surface area contributed by atoms with Crippen molar-refractivity contribution >= 4 is 23.4 Å². The quantitative estimate of drug-likeness (QED) is 0.481. The minimum absolute atomic E-state index is 0.318. The van der Waals surface area contributed by atoms with Crippen molar-refractivity contribution in [1.29, 1.82) is 0 Å². The van der Waals surface area contributed by atoms with Gasteiger partial charge in [0.05, 0.1) is 11.4 Å². The monoisotopic (exact) mass is 388 g/mol. The summed E-state index contributed by atoms with van der Waals surface area (Å²) < 4.78 is 19.8. The van der Waals surface area contributed by atoms with Gasteiger partial charge in [-0.25, -0.2) is 4.39 Å². The van der Waals surface area contributed by atoms with Gasteiger partial charge >= 0.3 is 0 Å². The maximum Gasteiger partial charge on any atom is 0.237 e. The van der Waals surface area contributed by atoms with Gasteiger partial charge in [-0.1, -0.05) is 28.5 Å². The van der Waals surface area contributed by atoms with Gasteiger partial charge in [-0.05, 0) is 59.0 Å². The van der Waals surface area contributed by atoms with Gasteiger partial charge in [-0.2, -0.15) is 9.67 Å². The molecular weight excluding hydrogens is 379 g/mol. The zero-order valence-corrected chi connectivity index (χ0v) is 14.7. The van der Waals surface area contributed by atoms with Gasteiger partial charge in [-0.3, -0.25) is 0 Å². The number of halogens is 2. The second-order valence-corrected chi connectivity index (χ2v) is 6.54. The van der Waals surface area contributed by atoms with Gasteiger partial charge in [0, 0.05) is 10.6 Å². The van der Waals surface area contributed by atoms with E-state index in [9.17, 15) is 4.39 Å². The molecule has 0 aliphatic heterocycles. The summed E-state index contributed by atoms with van der Waals surface area (Å²) in [5.41, 5.74) is 1.47. The molecule has 0 saturated carbocycles. The molecule has 4 aromatic rings. The Labute approximate surface area is 156 Å². The van der Waals surface area contributed by atoms with E-state index < -0.39 is 0 Å². The molecule has 0 saturated heterocycles. The zero-order chi connectivity index (χ0) is 17.9. The van der Waals surface area contributed by atoms with E-state index in [1.807, 2.05) is 12.1 Å². The summed E-state index contributed by atoms with van der Waals surface area (Å²) in [6.07, 6.45) is 0. The Hall–Kier alpha value is -2.78. The summed E-state index contributed by atoms with van der Waals surface area (Å²) in [4.78, 5) is 4.31. The van der Waals surface area contributed by atoms with Crippen LogP contribution >= 0.6 is 23.4 Å². The van der Waals surface area contributed by atoms with E-state index in [0.717, 1.165) is 5.69 Å². The fourth-order valence-corrected chi connectivity index (χ4v) is 3.02. The molecule has 0 N–H and O–H groups in total. The molecule has 26 heavy (non-hydrogen) atoms. The van der Waals surface area contributed by atoms with Crippen molar-refractivity contribution in [2.75, 3.05) is 0 Å². The van der Waals surface area contributed by atoms with Crippen LogP contribution in [0.5, 0.6) is 0 Å². The SMILES string of the molecule is Fc1ccc(-c2noc(CSc3nnnn3-c3ccc(Cl)cc3)n2)cc1. The molecule has 2 heterocycles. The molecular formula is C16H10ClFN6OS. The first kappa shape index (κ1) is 16.7. The molecule has 2 aromatic heterocycles. The van der Waals surface area contributed by atoms with Crippen molar-refractivity contribution in [3.8, 4) is 17.1 Å². The molecule has 0 atom stereocenters. The number of rotatable bonds is 5. The lowest BCUT2D eigenvalue weighted by Crippen LogP contribution is -1.98. The van der Waals surface area contributed by atoms with E-state index >= 15 is 0 Å². The third kappa shape index (κ3) is 3.58. The molecule has 2 aromatic carbocycles. The highest BCUT2D eigenvalue weighted by molar-refractivity contribution is 7.98. The third-order valence-electron chi connectivity index (χ3n) is 3.41. The molecule has 0 radical (unpaired) electrons. The van der Waals surface area contributed by atoms with Gasteiger partial charge in [-0.15, -0.1) is 5.10 Å². The molecule has 0 unspecified atom stereocenters. The lowest BCUT2D eigenvalue weighted by Gasteiger charge is -2.02. The fourth-order valence-electron chi connectivity index (χ4n) is 2.17. The van der Waals surface area contributed by atoms with Crippen molar-refractivity contribution in [2.45, 2.75) is 10.9 Å². The second kappa shape index (κ2) is 7.22. The van der Waals surface area contributed by atoms with Crippen molar-refractivity contribution < 1.29 is 8.91 Å². The topological polar surface area (TPSA) is 82.5 Å². The van der Waals surface area contributed by atoms with Gasteiger partial charge in [0.15, 0.2) is 0 Å². The van der Waals surface area contributed by atoms with Gasteiger partial charge in [0.25, 0.3) is 0 Å². The number of thioether (sulfide) groups is 1. The minimum Gasteiger partial charge on any atom is -0.338 e. The predicted molar refractivity (Wildman–Crippen MR) is 93.4 cm³/mol. The average molecular weight is 389 g/mol. The van der Waals surface area contributed by atoms with Crippen LogP contribution in [-0.2, 0) is 5.75 Å². The number of tetrazole rings is 1. The van der Waals surface area contributed by atoms with E-state index in [1.165, 1.54) is 23.9 Å². The smallest absolute Gasteiger partial charge is 0.237 e. The van der Waals surface area contributed by atoms with Crippen LogP contribution in [0.1, 0.15) is 5.89 Å². The van der Waals surface area contributed by atoms with Crippen molar-refractivity contribution in [3.63, 3.8) is 0 Å². The van der Waals surface area contributed by atoms with Crippen LogP contribution in [0.2, 0.25) is 5.02 Å². The fraction of sp³-hybridized carbons (Fsp3) is 0.0625. The summed E-state index contributed by atoms with van der Waals surface area (Å²) in [5.74, 6) is 0.891. The predicted octanol–water partition coefficient (Wildman–Crippen LogP) is 3.80. The Balaban J connectivity index is 1.48. The van der Waals surface area contributed by atoms with Crippen LogP contribution in [0, 0.1) is 5.82 Å². The first-order valence-corrected chi connectivity index (χ1v) is 8.81. The lowest BCUT2D eigenvalue weighted by molar-refractivity contribution is 0.391. The first-order valence-electron chi connectivity index (χ1n) is 7.45. The van der Waals surface area contributed by atoms with Crippen LogP contribution in [0.15, 0.2) is 58.2 Å². The van der Waals surface area contributed by atoms with E-state index in [-0.39, 0.29) is 5.82 Å². The number of benzene rings is 2. The highest BCUT2D eigenvalue weighted by Gasteiger charge is 2.13. The van der Waals surface area contributed by atoms with E-state index in [1.54, 1.807) is 28.9 Å². The lowest BCUT2D eigenvalue weighted by atomic mass is 10.2. The molecule has 7 nitrogen and oxygen atoms in total. The highest BCUT2D eigenvalue weighted by Crippen LogP contribution is 2.24. The molecule has 130 valence electrons. The zero-order valence-electron chi connectivity index (χ0n) is 13.1. The van der Waals surface area contributed by atoms with Crippen LogP contribution in [0.3, 0.4) is 0 Å². The van der Waals surface area contributed by atoms with Crippen LogP contribution in [0.4, 0.5) is 4.39 Å². The Morgan fingerprint density at radius 3 is 2.62 bits per heavy atom. The molecule has 0 spiro atoms. The van der Waals surface area contributed by atoms with Gasteiger partial charge in [0.2, 0.25) is 16.9 Å². The molecule has 0 amide bonds. The second-order valence-electron chi connectivity index (χ2n) is 5.16. The number of hydrogen-bond donors (Lipinski definition) is 0. The highest BCUT2D eigenvalue weighted by atomic mass is 35.5. The van der Waals surface area contributed by atoms with Gasteiger partial charge < -0.3 is 4.52 Å². The maximum atomic E-state index is 13.0. The summed E-state index contributed by atoms with van der Waals surface area (Å²) in [6, 6.07) is 13.1. The van der Waals surface area contributed by atoms with Crippen LogP contribution < -0.4 is 0 Å². The number of nitrogens with zero attached hydrogens (tertiary/aromatic N) is 6. The average Bonchev–Trinajstić information content (AvgIpc) is 3.30. The summed E-state index contributed by atoms with van der Waals surface area (Å²) in [7, 11) is 0. The molecule has 0 bridgehead atoms. The molecule has 0 aliphatic carbocycles. The molecule has 0 aliphatic rings. The number of hydrogen-bond acceptors (Lipinski definition) is 7. The number of aromatic nitrogens is 6. The van der Waals surface area contributed by atoms with Crippen molar-refractivity contribution in [3.05, 3.63) is 65.3 Å². The molecule has 4 rings (SSSR count). The van der Waals surface area contributed by atoms with E-state index in [0.29, 0.717) is 33.2 Å². The van der Waals surface area contributed by atoms with E-state index in [4.69, 9.17) is 16.1 Å². The van der Waals surface area contributed by atoms with E-state index in [2.05, 4.69) is 25.7 Å². The summed E-state index contributed by atoms with van der Waals surface area (Å²) >= 11 is 7.26. The largest absolute Gasteiger partial charge is 0.338 e. The van der Waals surface area contributed by atoms with Crippen molar-refractivity contribution in [2.24, 2.45) is 0 Å². The summed E-state index contributed by atoms with van der Waals surface area (Å²) in [6.45, 7) is 0. The normalized spacial score (nSPS) is 11.0. The van der Waals surface area contributed by atoms with Crippen molar-refractivity contribution in [1.82, 2.24) is 30.3 Å². The van der Waals surface area contributed by atoms with Crippen LogP contribution in [-0.4, -0.2) is 30.3 Å². The first-order chi connectivity index (χ1) is 12.7. The standard InChI is InChI=1S/C16H10ClFN6OS/c17-11-3-7-13(8-4-11)24-16(20-22-23-24)26-9-14-19-15(21-25-14)10-1-5-12(18)6-2-10/h1-8H,9H2. The van der Waals surface area contributed by atoms with Gasteiger partial charge in [0.1, 0.15) is 5.82 Å². The minimum atomic E-state index is -0.318. The Kier molecular flexibility index (Phi) is 4.63. The molecule has 10 heteroatoms. The maximum absolute atomic E-state index is 13.0. The Bertz CT molecular complexity index is 1020. The third-order valence-corrected chi connectivity index (χ3v) is 4.56. The Morgan fingerprint density at radius 1 is 1.08 bits per heavy atom. The summed E-state index contributed by atoms with van der Waals surface area (Å²) in [5, 5.41) is 16.8. The van der Waals surface area contributed by atoms with Crippen LogP contribution in [0.25, 0.3) is 17.1 Å². The molecule has 0 fully saturated rings.